The maximum absolute atomic E-state index is 12.2. The van der Waals surface area contributed by atoms with Gasteiger partial charge in [0.2, 0.25) is 5.91 Å². The molecule has 118 valence electrons. The Morgan fingerprint density at radius 2 is 2.48 bits per heavy atom. The number of hydrogen-bond acceptors (Lipinski definition) is 4. The Hall–Kier alpha value is -1.11. The first-order valence-electron chi connectivity index (χ1n) is 7.35. The zero-order valence-electron chi connectivity index (χ0n) is 12.3. The van der Waals surface area contributed by atoms with Crippen LogP contribution in [0.2, 0.25) is 0 Å². The molecule has 2 heterocycles. The van der Waals surface area contributed by atoms with Gasteiger partial charge in [-0.15, -0.1) is 12.4 Å². The summed E-state index contributed by atoms with van der Waals surface area (Å²) >= 11 is 0. The third-order valence-corrected chi connectivity index (χ3v) is 4.14. The monoisotopic (exact) mass is 314 g/mol. The normalized spacial score (nSPS) is 24.8. The van der Waals surface area contributed by atoms with Crippen LogP contribution >= 0.6 is 12.4 Å². The summed E-state index contributed by atoms with van der Waals surface area (Å²) in [4.78, 5) is 12.2. The average Bonchev–Trinajstić information content (AvgIpc) is 2.83. The number of amides is 1. The number of nitrogens with zero attached hydrogens (tertiary/aromatic N) is 2. The largest absolute Gasteiger partial charge is 0.378 e. The fraction of sp³-hybridized carbons (Fsp3) is 0.714. The number of rotatable bonds is 3. The third kappa shape index (κ3) is 3.75. The first-order chi connectivity index (χ1) is 9.74. The Morgan fingerprint density at radius 1 is 1.62 bits per heavy atom. The molecular formula is C14H23ClN4O2. The second kappa shape index (κ2) is 7.24. The van der Waals surface area contributed by atoms with Crippen molar-refractivity contribution in [2.24, 2.45) is 7.05 Å². The lowest BCUT2D eigenvalue weighted by Crippen LogP contribution is -2.44. The minimum atomic E-state index is 0. The van der Waals surface area contributed by atoms with E-state index in [9.17, 15) is 4.79 Å². The first kappa shape index (κ1) is 16.3. The van der Waals surface area contributed by atoms with Crippen LogP contribution in [-0.2, 0) is 23.0 Å². The predicted molar refractivity (Wildman–Crippen MR) is 81.5 cm³/mol. The molecule has 0 bridgehead atoms. The topological polar surface area (TPSA) is 68.2 Å². The van der Waals surface area contributed by atoms with Crippen LogP contribution in [0.1, 0.15) is 36.6 Å². The van der Waals surface area contributed by atoms with Gasteiger partial charge in [0.15, 0.2) is 0 Å². The standard InChI is InChI=1S/C14H22N4O2.ClH/c1-18-13-4-2-3-12(11(13)8-16-18)17-14(19)7-10-9-20-6-5-15-10;/h8,10,12,15H,2-7,9H2,1H3,(H,17,19);1H. The van der Waals surface area contributed by atoms with Gasteiger partial charge < -0.3 is 15.4 Å². The summed E-state index contributed by atoms with van der Waals surface area (Å²) in [5.41, 5.74) is 2.43. The first-order valence-corrected chi connectivity index (χ1v) is 7.35. The molecule has 1 aromatic heterocycles. The van der Waals surface area contributed by atoms with Gasteiger partial charge in [-0.05, 0) is 19.3 Å². The SMILES string of the molecule is Cl.Cn1ncc2c1CCCC2NC(=O)CC1COCCN1. The maximum atomic E-state index is 12.2. The second-order valence-corrected chi connectivity index (χ2v) is 5.61. The van der Waals surface area contributed by atoms with Crippen molar-refractivity contribution >= 4 is 18.3 Å². The van der Waals surface area contributed by atoms with E-state index in [-0.39, 0.29) is 30.4 Å². The van der Waals surface area contributed by atoms with Crippen LogP contribution in [0, 0.1) is 0 Å². The maximum Gasteiger partial charge on any atom is 0.222 e. The third-order valence-electron chi connectivity index (χ3n) is 4.14. The molecular weight excluding hydrogens is 292 g/mol. The fourth-order valence-electron chi connectivity index (χ4n) is 3.08. The van der Waals surface area contributed by atoms with Crippen molar-refractivity contribution in [2.75, 3.05) is 19.8 Å². The smallest absolute Gasteiger partial charge is 0.222 e. The predicted octanol–water partition coefficient (Wildman–Crippen LogP) is 0.714. The molecule has 1 fully saturated rings. The van der Waals surface area contributed by atoms with E-state index in [1.807, 2.05) is 17.9 Å². The van der Waals surface area contributed by atoms with Gasteiger partial charge in [-0.3, -0.25) is 9.48 Å². The molecule has 2 aliphatic rings. The molecule has 0 spiro atoms. The van der Waals surface area contributed by atoms with Crippen LogP contribution in [-0.4, -0.2) is 41.5 Å². The second-order valence-electron chi connectivity index (χ2n) is 5.61. The molecule has 2 atom stereocenters. The highest BCUT2D eigenvalue weighted by atomic mass is 35.5. The van der Waals surface area contributed by atoms with Crippen LogP contribution < -0.4 is 10.6 Å². The summed E-state index contributed by atoms with van der Waals surface area (Å²) in [6.07, 6.45) is 5.52. The summed E-state index contributed by atoms with van der Waals surface area (Å²) in [6, 6.07) is 0.255. The molecule has 1 amide bonds. The van der Waals surface area contributed by atoms with Crippen molar-refractivity contribution < 1.29 is 9.53 Å². The lowest BCUT2D eigenvalue weighted by molar-refractivity contribution is -0.123. The number of aromatic nitrogens is 2. The number of carbonyl (C=O) groups excluding carboxylic acids is 1. The summed E-state index contributed by atoms with van der Waals surface area (Å²) in [7, 11) is 1.96. The van der Waals surface area contributed by atoms with Crippen molar-refractivity contribution in [3.8, 4) is 0 Å². The molecule has 6 nitrogen and oxygen atoms in total. The minimum Gasteiger partial charge on any atom is -0.378 e. The zero-order valence-corrected chi connectivity index (χ0v) is 13.1. The summed E-state index contributed by atoms with van der Waals surface area (Å²) in [5.74, 6) is 0.0923. The lowest BCUT2D eigenvalue weighted by atomic mass is 9.93. The number of aryl methyl sites for hydroxylation is 1. The molecule has 1 aliphatic carbocycles. The number of nitrogens with one attached hydrogen (secondary N) is 2. The number of morpholine rings is 1. The van der Waals surface area contributed by atoms with Gasteiger partial charge in [0.05, 0.1) is 25.5 Å². The van der Waals surface area contributed by atoms with E-state index in [0.717, 1.165) is 32.4 Å². The highest BCUT2D eigenvalue weighted by molar-refractivity contribution is 5.85. The summed E-state index contributed by atoms with van der Waals surface area (Å²) < 4.78 is 7.30. The van der Waals surface area contributed by atoms with Gasteiger partial charge >= 0.3 is 0 Å². The molecule has 1 saturated heterocycles. The van der Waals surface area contributed by atoms with Crippen LogP contribution in [0.15, 0.2) is 6.20 Å². The van der Waals surface area contributed by atoms with Crippen molar-refractivity contribution in [3.05, 3.63) is 17.5 Å². The Labute approximate surface area is 131 Å². The highest BCUT2D eigenvalue weighted by Gasteiger charge is 2.26. The fourth-order valence-corrected chi connectivity index (χ4v) is 3.08. The Bertz CT molecular complexity index is 485. The van der Waals surface area contributed by atoms with Gasteiger partial charge in [0.1, 0.15) is 0 Å². The summed E-state index contributed by atoms with van der Waals surface area (Å²) in [6.45, 7) is 2.18. The van der Waals surface area contributed by atoms with Crippen molar-refractivity contribution in [2.45, 2.75) is 37.8 Å². The van der Waals surface area contributed by atoms with E-state index in [4.69, 9.17) is 4.74 Å². The highest BCUT2D eigenvalue weighted by Crippen LogP contribution is 2.29. The number of hydrogen-bond donors (Lipinski definition) is 2. The van der Waals surface area contributed by atoms with E-state index in [1.54, 1.807) is 0 Å². The number of ether oxygens (including phenoxy) is 1. The van der Waals surface area contributed by atoms with E-state index in [1.165, 1.54) is 11.3 Å². The number of halogens is 1. The quantitative estimate of drug-likeness (QED) is 0.862. The number of carbonyl (C=O) groups is 1. The molecule has 0 aromatic carbocycles. The van der Waals surface area contributed by atoms with Crippen LogP contribution in [0.25, 0.3) is 0 Å². The molecule has 3 rings (SSSR count). The van der Waals surface area contributed by atoms with Crippen molar-refractivity contribution in [1.29, 1.82) is 0 Å². The van der Waals surface area contributed by atoms with E-state index in [0.29, 0.717) is 13.0 Å². The van der Waals surface area contributed by atoms with Crippen molar-refractivity contribution in [3.63, 3.8) is 0 Å². The van der Waals surface area contributed by atoms with Gasteiger partial charge in [-0.2, -0.15) is 5.10 Å². The summed E-state index contributed by atoms with van der Waals surface area (Å²) in [5, 5.41) is 10.8. The molecule has 0 saturated carbocycles. The Kier molecular flexibility index (Phi) is 5.61. The van der Waals surface area contributed by atoms with Crippen LogP contribution in [0.5, 0.6) is 0 Å². The molecule has 2 unspecified atom stereocenters. The molecule has 1 aliphatic heterocycles. The Morgan fingerprint density at radius 3 is 3.24 bits per heavy atom. The van der Waals surface area contributed by atoms with Crippen molar-refractivity contribution in [1.82, 2.24) is 20.4 Å². The molecule has 2 N–H and O–H groups in total. The Balaban J connectivity index is 0.00000161. The zero-order chi connectivity index (χ0) is 13.9. The molecule has 0 radical (unpaired) electrons. The van der Waals surface area contributed by atoms with E-state index in [2.05, 4.69) is 15.7 Å². The van der Waals surface area contributed by atoms with E-state index < -0.39 is 0 Å². The number of fused-ring (bicyclic) bond motifs is 1. The minimum absolute atomic E-state index is 0. The van der Waals surface area contributed by atoms with Crippen LogP contribution in [0.3, 0.4) is 0 Å². The van der Waals surface area contributed by atoms with Gasteiger partial charge in [0.25, 0.3) is 0 Å². The van der Waals surface area contributed by atoms with Gasteiger partial charge in [-0.25, -0.2) is 0 Å². The van der Waals surface area contributed by atoms with Gasteiger partial charge in [-0.1, -0.05) is 0 Å². The molecule has 21 heavy (non-hydrogen) atoms. The van der Waals surface area contributed by atoms with E-state index >= 15 is 0 Å². The average molecular weight is 315 g/mol. The lowest BCUT2D eigenvalue weighted by Gasteiger charge is -2.26. The molecule has 1 aromatic rings. The van der Waals surface area contributed by atoms with Crippen LogP contribution in [0.4, 0.5) is 0 Å². The van der Waals surface area contributed by atoms with Gasteiger partial charge in [0, 0.05) is 37.3 Å². The molecule has 7 heteroatoms.